The second kappa shape index (κ2) is 14.6. The molecule has 0 amide bonds. The van der Waals surface area contributed by atoms with Gasteiger partial charge in [0.05, 0.1) is 44.9 Å². The van der Waals surface area contributed by atoms with Crippen LogP contribution in [0.3, 0.4) is 0 Å². The van der Waals surface area contributed by atoms with Crippen LogP contribution in [0.5, 0.6) is 28.7 Å². The Morgan fingerprint density at radius 2 is 1.48 bits per heavy atom. The summed E-state index contributed by atoms with van der Waals surface area (Å²) in [5.74, 6) is 1.62. The van der Waals surface area contributed by atoms with Gasteiger partial charge in [-0.2, -0.15) is 0 Å². The van der Waals surface area contributed by atoms with E-state index in [2.05, 4.69) is 0 Å². The van der Waals surface area contributed by atoms with Gasteiger partial charge < -0.3 is 42.8 Å². The van der Waals surface area contributed by atoms with Crippen molar-refractivity contribution >= 4 is 28.6 Å². The van der Waals surface area contributed by atoms with Gasteiger partial charge in [0, 0.05) is 22.8 Å². The highest BCUT2D eigenvalue weighted by molar-refractivity contribution is 7.99. The Bertz CT molecular complexity index is 1910. The number of allylic oxidation sites excluding steroid dienone is 1. The van der Waals surface area contributed by atoms with E-state index in [4.69, 9.17) is 33.2 Å². The van der Waals surface area contributed by atoms with Gasteiger partial charge in [-0.05, 0) is 29.3 Å². The maximum absolute atomic E-state index is 13.4. The number of hydrogen-bond acceptors (Lipinski definition) is 9. The molecule has 0 bridgehead atoms. The van der Waals surface area contributed by atoms with E-state index in [1.165, 1.54) is 33.1 Å². The lowest BCUT2D eigenvalue weighted by atomic mass is 10.0. The van der Waals surface area contributed by atoms with Gasteiger partial charge in [0.1, 0.15) is 18.6 Å². The normalized spacial score (nSPS) is 12.9. The molecule has 0 aliphatic carbocycles. The average Bonchev–Trinajstić information content (AvgIpc) is 3.76. The van der Waals surface area contributed by atoms with Crippen molar-refractivity contribution in [3.05, 3.63) is 114 Å². The van der Waals surface area contributed by atoms with Crippen molar-refractivity contribution in [2.24, 2.45) is 0 Å². The maximum Gasteiger partial charge on any atom is 0.353 e. The molecule has 0 radical (unpaired) electrons. The molecule has 10 nitrogen and oxygen atoms in total. The molecule has 1 unspecified atom stereocenters. The number of carboxylic acid groups (broad SMARTS) is 1. The minimum absolute atomic E-state index is 0.0362. The molecule has 5 aromatic rings. The van der Waals surface area contributed by atoms with Crippen LogP contribution < -0.4 is 23.7 Å². The Kier molecular flexibility index (Phi) is 9.86. The quantitative estimate of drug-likeness (QED) is 0.126. The summed E-state index contributed by atoms with van der Waals surface area (Å²) < 4.78 is 42.1. The molecule has 1 aliphatic rings. The Balaban J connectivity index is 1.59. The van der Waals surface area contributed by atoms with Crippen molar-refractivity contribution in [2.45, 2.75) is 28.9 Å². The number of hydrogen-bond donors (Lipinski definition) is 1. The molecule has 1 N–H and O–H groups in total. The third-order valence-electron chi connectivity index (χ3n) is 7.95. The highest BCUT2D eigenvalue weighted by Crippen LogP contribution is 2.48. The van der Waals surface area contributed by atoms with Crippen LogP contribution >= 0.6 is 11.8 Å². The molecule has 1 aliphatic heterocycles. The Hall–Kier alpha value is -5.42. The number of aromatic nitrogens is 1. The third-order valence-corrected chi connectivity index (χ3v) is 9.03. The zero-order chi connectivity index (χ0) is 33.6. The molecule has 1 atom stereocenters. The molecule has 11 heteroatoms. The van der Waals surface area contributed by atoms with Crippen LogP contribution in [0.4, 0.5) is 0 Å². The summed E-state index contributed by atoms with van der Waals surface area (Å²) in [6.07, 6.45) is 1.98. The van der Waals surface area contributed by atoms with Crippen LogP contribution in [0, 0.1) is 0 Å². The third kappa shape index (κ3) is 6.54. The molecule has 4 aromatic carbocycles. The smallest absolute Gasteiger partial charge is 0.353 e. The largest absolute Gasteiger partial charge is 0.493 e. The zero-order valence-electron chi connectivity index (χ0n) is 26.9. The van der Waals surface area contributed by atoms with E-state index < -0.39 is 12.0 Å². The lowest BCUT2D eigenvalue weighted by Gasteiger charge is -2.22. The number of aromatic carboxylic acids is 1. The summed E-state index contributed by atoms with van der Waals surface area (Å²) in [6.45, 7) is 0.326. The molecule has 0 fully saturated rings. The molecule has 248 valence electrons. The Labute approximate surface area is 282 Å². The number of carboxylic acids is 1. The van der Waals surface area contributed by atoms with Crippen molar-refractivity contribution in [1.82, 2.24) is 4.57 Å². The first-order valence-corrected chi connectivity index (χ1v) is 15.9. The van der Waals surface area contributed by atoms with Crippen LogP contribution in [-0.2, 0) is 22.5 Å². The van der Waals surface area contributed by atoms with Gasteiger partial charge in [0.15, 0.2) is 28.8 Å². The lowest BCUT2D eigenvalue weighted by Crippen LogP contribution is -2.20. The van der Waals surface area contributed by atoms with E-state index in [-0.39, 0.29) is 19.1 Å². The first kappa shape index (κ1) is 32.5. The van der Waals surface area contributed by atoms with Gasteiger partial charge in [-0.3, -0.25) is 0 Å². The fourth-order valence-electron chi connectivity index (χ4n) is 5.74. The van der Waals surface area contributed by atoms with Crippen LogP contribution in [0.25, 0.3) is 10.9 Å². The van der Waals surface area contributed by atoms with Crippen LogP contribution in [0.1, 0.15) is 27.7 Å². The fraction of sp³-hybridized carbons (Fsp3) is 0.216. The number of carbonyl (C=O) groups is 1. The van der Waals surface area contributed by atoms with Gasteiger partial charge >= 0.3 is 5.97 Å². The Morgan fingerprint density at radius 1 is 0.833 bits per heavy atom. The van der Waals surface area contributed by atoms with Gasteiger partial charge in [-0.25, -0.2) is 4.79 Å². The number of methoxy groups -OCH3 is 4. The van der Waals surface area contributed by atoms with Gasteiger partial charge in [-0.15, -0.1) is 0 Å². The topological polar surface area (TPSA) is 107 Å². The van der Waals surface area contributed by atoms with E-state index in [0.29, 0.717) is 61.6 Å². The molecule has 0 saturated heterocycles. The second-order valence-corrected chi connectivity index (χ2v) is 11.8. The monoisotopic (exact) mass is 669 g/mol. The van der Waals surface area contributed by atoms with Crippen LogP contribution in [0.2, 0.25) is 0 Å². The SMILES string of the molecule is COc1cc2c(Sc3cc(OC)c(OC)c(OC)c3)c(C(=O)O)n(C(Cc3ccccc3)C3=COCO3)c2cc1OCc1ccccc1. The molecule has 0 saturated carbocycles. The number of nitrogens with zero attached hydrogens (tertiary/aromatic N) is 1. The standard InChI is InChI=1S/C37H35NO9S/c1-41-29-18-26-27(19-30(29)46-20-24-13-9-6-10-14-24)38(28(33-21-45-22-47-33)15-23-11-7-5-8-12-23)34(37(39)40)36(26)48-25-16-31(42-2)35(44-4)32(17-25)43-3/h5-14,16-19,21,28H,15,20,22H2,1-4H3,(H,39,40). The van der Waals surface area contributed by atoms with Crippen LogP contribution in [-0.4, -0.2) is 50.9 Å². The Morgan fingerprint density at radius 3 is 2.04 bits per heavy atom. The predicted octanol–water partition coefficient (Wildman–Crippen LogP) is 7.73. The minimum Gasteiger partial charge on any atom is -0.493 e. The number of benzene rings is 4. The summed E-state index contributed by atoms with van der Waals surface area (Å²) in [7, 11) is 6.16. The van der Waals surface area contributed by atoms with E-state index in [0.717, 1.165) is 11.1 Å². The molecule has 2 heterocycles. The zero-order valence-corrected chi connectivity index (χ0v) is 27.7. The fourth-order valence-corrected chi connectivity index (χ4v) is 6.86. The van der Waals surface area contributed by atoms with Crippen LogP contribution in [0.15, 0.2) is 107 Å². The maximum atomic E-state index is 13.4. The molecular weight excluding hydrogens is 634 g/mol. The van der Waals surface area contributed by atoms with Crippen molar-refractivity contribution in [3.63, 3.8) is 0 Å². The molecule has 48 heavy (non-hydrogen) atoms. The molecule has 0 spiro atoms. The van der Waals surface area contributed by atoms with E-state index in [1.807, 2.05) is 72.8 Å². The van der Waals surface area contributed by atoms with Crippen molar-refractivity contribution in [3.8, 4) is 28.7 Å². The summed E-state index contributed by atoms with van der Waals surface area (Å²) in [4.78, 5) is 14.6. The summed E-state index contributed by atoms with van der Waals surface area (Å²) in [6, 6.07) is 26.3. The summed E-state index contributed by atoms with van der Waals surface area (Å²) >= 11 is 1.27. The first-order valence-electron chi connectivity index (χ1n) is 15.1. The highest BCUT2D eigenvalue weighted by Gasteiger charge is 2.33. The van der Waals surface area contributed by atoms with E-state index in [1.54, 1.807) is 30.1 Å². The van der Waals surface area contributed by atoms with E-state index >= 15 is 0 Å². The van der Waals surface area contributed by atoms with E-state index in [9.17, 15) is 9.90 Å². The average molecular weight is 670 g/mol. The first-order chi connectivity index (χ1) is 23.4. The van der Waals surface area contributed by atoms with Gasteiger partial charge in [0.25, 0.3) is 0 Å². The number of ether oxygens (including phenoxy) is 7. The molecular formula is C37H35NO9S. The van der Waals surface area contributed by atoms with Crippen molar-refractivity contribution < 1.29 is 43.1 Å². The number of rotatable bonds is 14. The van der Waals surface area contributed by atoms with Crippen molar-refractivity contribution in [2.75, 3.05) is 35.2 Å². The lowest BCUT2D eigenvalue weighted by molar-refractivity contribution is 0.0658. The molecule has 6 rings (SSSR count). The number of fused-ring (bicyclic) bond motifs is 1. The van der Waals surface area contributed by atoms with Crippen molar-refractivity contribution in [1.29, 1.82) is 0 Å². The highest BCUT2D eigenvalue weighted by atomic mass is 32.2. The minimum atomic E-state index is -1.12. The predicted molar refractivity (Wildman–Crippen MR) is 181 cm³/mol. The summed E-state index contributed by atoms with van der Waals surface area (Å²) in [5, 5.41) is 11.6. The van der Waals surface area contributed by atoms with Gasteiger partial charge in [-0.1, -0.05) is 72.4 Å². The second-order valence-electron chi connectivity index (χ2n) is 10.8. The van der Waals surface area contributed by atoms with Gasteiger partial charge in [0.2, 0.25) is 12.5 Å². The molecule has 1 aromatic heterocycles. The summed E-state index contributed by atoms with van der Waals surface area (Å²) in [5.41, 5.74) is 2.64.